The minimum Gasteiger partial charge on any atom is -0.348 e. The van der Waals surface area contributed by atoms with Gasteiger partial charge in [0.25, 0.3) is 0 Å². The summed E-state index contributed by atoms with van der Waals surface area (Å²) in [5, 5.41) is 0. The lowest BCUT2D eigenvalue weighted by Gasteiger charge is -2.32. The molecule has 6 heteroatoms. The number of aromatic amines is 1. The minimum absolute atomic E-state index is 0.412. The van der Waals surface area contributed by atoms with Crippen LogP contribution in [0.4, 0.5) is 13.2 Å². The fraction of sp³-hybridized carbons (Fsp3) is 0.526. The lowest BCUT2D eigenvalue weighted by atomic mass is 9.90. The van der Waals surface area contributed by atoms with Gasteiger partial charge in [0.1, 0.15) is 0 Å². The molecule has 0 unspecified atom stereocenters. The van der Waals surface area contributed by atoms with E-state index in [1.54, 1.807) is 18.5 Å². The summed E-state index contributed by atoms with van der Waals surface area (Å²) in [4.78, 5) is 9.81. The van der Waals surface area contributed by atoms with Crippen LogP contribution in [0.3, 0.4) is 0 Å². The molecule has 136 valence electrons. The number of alkyl halides is 3. The van der Waals surface area contributed by atoms with Gasteiger partial charge in [0.2, 0.25) is 0 Å². The van der Waals surface area contributed by atoms with Crippen LogP contribution < -0.4 is 0 Å². The molecule has 0 saturated carbocycles. The highest BCUT2D eigenvalue weighted by molar-refractivity contribution is 5.29. The third-order valence-corrected chi connectivity index (χ3v) is 5.06. The molecule has 1 saturated heterocycles. The van der Waals surface area contributed by atoms with Crippen molar-refractivity contribution >= 4 is 0 Å². The molecule has 1 fully saturated rings. The van der Waals surface area contributed by atoms with Crippen LogP contribution in [0, 0.1) is 12.8 Å². The van der Waals surface area contributed by atoms with Gasteiger partial charge in [-0.15, -0.1) is 0 Å². The molecular formula is C19H24F3N3. The van der Waals surface area contributed by atoms with Crippen LogP contribution in [0.25, 0.3) is 0 Å². The average molecular weight is 351 g/mol. The van der Waals surface area contributed by atoms with Gasteiger partial charge in [-0.3, -0.25) is 4.90 Å². The summed E-state index contributed by atoms with van der Waals surface area (Å²) in [7, 11) is 0. The summed E-state index contributed by atoms with van der Waals surface area (Å²) >= 11 is 0. The molecule has 25 heavy (non-hydrogen) atoms. The van der Waals surface area contributed by atoms with Gasteiger partial charge in [-0.05, 0) is 56.7 Å². The largest absolute Gasteiger partial charge is 0.416 e. The molecule has 0 radical (unpaired) electrons. The Kier molecular flexibility index (Phi) is 5.47. The van der Waals surface area contributed by atoms with Crippen molar-refractivity contribution in [3.63, 3.8) is 0 Å². The van der Waals surface area contributed by atoms with Crippen molar-refractivity contribution in [2.45, 2.75) is 45.3 Å². The van der Waals surface area contributed by atoms with Crippen molar-refractivity contribution in [2.24, 2.45) is 5.92 Å². The van der Waals surface area contributed by atoms with Crippen molar-refractivity contribution in [1.29, 1.82) is 0 Å². The molecule has 3 nitrogen and oxygen atoms in total. The van der Waals surface area contributed by atoms with E-state index in [2.05, 4.69) is 14.9 Å². The highest BCUT2D eigenvalue weighted by Crippen LogP contribution is 2.33. The number of nitrogens with zero attached hydrogens (tertiary/aromatic N) is 2. The maximum absolute atomic E-state index is 13.1. The number of rotatable bonds is 5. The average Bonchev–Trinajstić information content (AvgIpc) is 2.98. The van der Waals surface area contributed by atoms with Crippen LogP contribution in [-0.2, 0) is 19.1 Å². The molecule has 1 aliphatic heterocycles. The molecular weight excluding hydrogens is 327 g/mol. The van der Waals surface area contributed by atoms with Crippen LogP contribution in [0.1, 0.15) is 41.8 Å². The Morgan fingerprint density at radius 3 is 2.80 bits per heavy atom. The SMILES string of the molecule is Cc1[nH]cnc1CN1CCC[C@@H](CCc2ccccc2C(F)(F)F)C1. The normalized spacial score (nSPS) is 19.3. The van der Waals surface area contributed by atoms with E-state index in [0.717, 1.165) is 50.3 Å². The lowest BCUT2D eigenvalue weighted by molar-refractivity contribution is -0.138. The number of imidazole rings is 1. The molecule has 1 aliphatic rings. The van der Waals surface area contributed by atoms with Crippen molar-refractivity contribution in [3.8, 4) is 0 Å². The number of halogens is 3. The molecule has 1 aromatic heterocycles. The first kappa shape index (κ1) is 18.0. The Morgan fingerprint density at radius 2 is 2.08 bits per heavy atom. The number of benzene rings is 1. The van der Waals surface area contributed by atoms with Crippen LogP contribution in [0.5, 0.6) is 0 Å². The zero-order valence-electron chi connectivity index (χ0n) is 14.4. The highest BCUT2D eigenvalue weighted by Gasteiger charge is 2.33. The Morgan fingerprint density at radius 1 is 1.28 bits per heavy atom. The predicted molar refractivity (Wildman–Crippen MR) is 91.1 cm³/mol. The highest BCUT2D eigenvalue weighted by atomic mass is 19.4. The summed E-state index contributed by atoms with van der Waals surface area (Å²) in [5.74, 6) is 0.439. The van der Waals surface area contributed by atoms with E-state index in [9.17, 15) is 13.2 Å². The van der Waals surface area contributed by atoms with Gasteiger partial charge in [-0.2, -0.15) is 13.2 Å². The molecule has 1 N–H and O–H groups in total. The second kappa shape index (κ2) is 7.60. The monoisotopic (exact) mass is 351 g/mol. The quantitative estimate of drug-likeness (QED) is 0.855. The molecule has 0 bridgehead atoms. The third kappa shape index (κ3) is 4.63. The Labute approximate surface area is 146 Å². The smallest absolute Gasteiger partial charge is 0.348 e. The van der Waals surface area contributed by atoms with Crippen LogP contribution in [0.15, 0.2) is 30.6 Å². The van der Waals surface area contributed by atoms with Crippen LogP contribution in [-0.4, -0.2) is 28.0 Å². The lowest BCUT2D eigenvalue weighted by Crippen LogP contribution is -2.35. The molecule has 0 amide bonds. The van der Waals surface area contributed by atoms with Gasteiger partial charge in [-0.25, -0.2) is 4.98 Å². The molecule has 0 aliphatic carbocycles. The number of hydrogen-bond donors (Lipinski definition) is 1. The maximum atomic E-state index is 13.1. The predicted octanol–water partition coefficient (Wildman–Crippen LogP) is 4.58. The maximum Gasteiger partial charge on any atom is 0.416 e. The number of aromatic nitrogens is 2. The standard InChI is InChI=1S/C19H24F3N3/c1-14-18(24-13-23-14)12-25-10-4-5-15(11-25)8-9-16-6-2-3-7-17(16)19(20,21)22/h2-3,6-7,13,15H,4-5,8-12H2,1H3,(H,23,24)/t15-/m0/s1. The first-order valence-corrected chi connectivity index (χ1v) is 8.80. The minimum atomic E-state index is -4.27. The number of likely N-dealkylation sites (tertiary alicyclic amines) is 1. The first-order chi connectivity index (χ1) is 11.9. The van der Waals surface area contributed by atoms with E-state index in [-0.39, 0.29) is 0 Å². The molecule has 2 aromatic rings. The van der Waals surface area contributed by atoms with E-state index in [0.29, 0.717) is 17.9 Å². The number of hydrogen-bond acceptors (Lipinski definition) is 2. The van der Waals surface area contributed by atoms with Gasteiger partial charge in [0.05, 0.1) is 17.6 Å². The van der Waals surface area contributed by atoms with E-state index < -0.39 is 11.7 Å². The molecule has 0 spiro atoms. The number of nitrogens with one attached hydrogen (secondary N) is 1. The summed E-state index contributed by atoms with van der Waals surface area (Å²) < 4.78 is 39.3. The Bertz CT molecular complexity index is 693. The summed E-state index contributed by atoms with van der Waals surface area (Å²) in [6, 6.07) is 5.94. The Balaban J connectivity index is 1.58. The zero-order chi connectivity index (χ0) is 17.9. The second-order valence-corrected chi connectivity index (χ2v) is 6.91. The van der Waals surface area contributed by atoms with Crippen molar-refractivity contribution in [2.75, 3.05) is 13.1 Å². The van der Waals surface area contributed by atoms with Gasteiger partial charge in [0.15, 0.2) is 0 Å². The van der Waals surface area contributed by atoms with Crippen molar-refractivity contribution in [3.05, 3.63) is 53.1 Å². The summed E-state index contributed by atoms with van der Waals surface area (Å²) in [5.41, 5.74) is 2.06. The van der Waals surface area contributed by atoms with E-state index >= 15 is 0 Å². The molecule has 1 atom stereocenters. The molecule has 3 rings (SSSR count). The Hall–Kier alpha value is -1.82. The van der Waals surface area contributed by atoms with Gasteiger partial charge in [0, 0.05) is 18.8 Å². The van der Waals surface area contributed by atoms with Crippen LogP contribution >= 0.6 is 0 Å². The number of H-pyrrole nitrogens is 1. The van der Waals surface area contributed by atoms with Gasteiger partial charge >= 0.3 is 6.18 Å². The van der Waals surface area contributed by atoms with Crippen molar-refractivity contribution in [1.82, 2.24) is 14.9 Å². The first-order valence-electron chi connectivity index (χ1n) is 8.80. The second-order valence-electron chi connectivity index (χ2n) is 6.91. The zero-order valence-corrected chi connectivity index (χ0v) is 14.4. The summed E-state index contributed by atoms with van der Waals surface area (Å²) in [6.45, 7) is 4.78. The number of aryl methyl sites for hydroxylation is 2. The summed E-state index contributed by atoms with van der Waals surface area (Å²) in [6.07, 6.45) is 0.894. The van der Waals surface area contributed by atoms with Gasteiger partial charge < -0.3 is 4.98 Å². The third-order valence-electron chi connectivity index (χ3n) is 5.06. The van der Waals surface area contributed by atoms with E-state index in [4.69, 9.17) is 0 Å². The topological polar surface area (TPSA) is 31.9 Å². The van der Waals surface area contributed by atoms with Crippen molar-refractivity contribution < 1.29 is 13.2 Å². The number of piperidine rings is 1. The molecule has 2 heterocycles. The fourth-order valence-electron chi connectivity index (χ4n) is 3.66. The fourth-order valence-corrected chi connectivity index (χ4v) is 3.66. The van der Waals surface area contributed by atoms with Crippen LogP contribution in [0.2, 0.25) is 0 Å². The molecule has 1 aromatic carbocycles. The van der Waals surface area contributed by atoms with Gasteiger partial charge in [-0.1, -0.05) is 18.2 Å². The van der Waals surface area contributed by atoms with E-state index in [1.165, 1.54) is 12.1 Å². The van der Waals surface area contributed by atoms with E-state index in [1.807, 2.05) is 6.92 Å².